The van der Waals surface area contributed by atoms with Gasteiger partial charge in [-0.25, -0.2) is 9.78 Å². The molecule has 0 saturated carbocycles. The molecular formula is C18H28N4O2. The van der Waals surface area contributed by atoms with E-state index in [1.54, 1.807) is 6.07 Å². The first-order valence-corrected chi connectivity index (χ1v) is 8.91. The zero-order valence-electron chi connectivity index (χ0n) is 14.7. The number of carbonyl (C=O) groups is 1. The minimum Gasteiger partial charge on any atom is -0.478 e. The van der Waals surface area contributed by atoms with Crippen molar-refractivity contribution < 1.29 is 9.90 Å². The molecule has 0 aliphatic carbocycles. The summed E-state index contributed by atoms with van der Waals surface area (Å²) in [6.45, 7) is 9.08. The molecule has 0 spiro atoms. The number of pyridine rings is 1. The Morgan fingerprint density at radius 2 is 1.83 bits per heavy atom. The van der Waals surface area contributed by atoms with E-state index in [0.717, 1.165) is 24.8 Å². The molecule has 0 radical (unpaired) electrons. The van der Waals surface area contributed by atoms with Crippen molar-refractivity contribution in [1.82, 2.24) is 14.8 Å². The van der Waals surface area contributed by atoms with E-state index < -0.39 is 5.97 Å². The number of aromatic nitrogens is 1. The fourth-order valence-corrected chi connectivity index (χ4v) is 3.84. The number of piperidine rings is 1. The Kier molecular flexibility index (Phi) is 5.36. The number of piperazine rings is 1. The van der Waals surface area contributed by atoms with Gasteiger partial charge in [0, 0.05) is 51.5 Å². The van der Waals surface area contributed by atoms with Gasteiger partial charge in [-0.15, -0.1) is 0 Å². The summed E-state index contributed by atoms with van der Waals surface area (Å²) in [5, 5.41) is 8.96. The van der Waals surface area contributed by atoms with E-state index in [-0.39, 0.29) is 5.56 Å². The summed E-state index contributed by atoms with van der Waals surface area (Å²) in [5.41, 5.74) is 0.248. The highest BCUT2D eigenvalue weighted by Gasteiger charge is 2.29. The largest absolute Gasteiger partial charge is 0.478 e. The van der Waals surface area contributed by atoms with Crippen LogP contribution in [0.25, 0.3) is 0 Å². The molecule has 2 fully saturated rings. The number of carboxylic acid groups (broad SMARTS) is 1. The van der Waals surface area contributed by atoms with Gasteiger partial charge in [0.25, 0.3) is 0 Å². The second-order valence-corrected chi connectivity index (χ2v) is 7.11. The molecule has 0 amide bonds. The fraction of sp³-hybridized carbons (Fsp3) is 0.667. The standard InChI is InChI=1S/C18H28N4O2/c1-14(21-11-9-20(2)10-12-21)15-5-7-22(8-6-15)17-4-3-16(13-19-17)18(23)24/h3-4,13-15H,5-12H2,1-2H3,(H,23,24)/t14-/m0/s1. The predicted molar refractivity (Wildman–Crippen MR) is 94.7 cm³/mol. The maximum absolute atomic E-state index is 10.9. The van der Waals surface area contributed by atoms with Crippen LogP contribution in [0, 0.1) is 5.92 Å². The van der Waals surface area contributed by atoms with Gasteiger partial charge in [0.1, 0.15) is 5.82 Å². The van der Waals surface area contributed by atoms with Crippen molar-refractivity contribution in [3.63, 3.8) is 0 Å². The molecule has 0 bridgehead atoms. The minimum atomic E-state index is -0.922. The maximum atomic E-state index is 10.9. The first-order valence-electron chi connectivity index (χ1n) is 8.91. The van der Waals surface area contributed by atoms with E-state index in [0.29, 0.717) is 6.04 Å². The van der Waals surface area contributed by atoms with Crippen LogP contribution in [0.15, 0.2) is 18.3 Å². The van der Waals surface area contributed by atoms with Crippen molar-refractivity contribution in [1.29, 1.82) is 0 Å². The highest BCUT2D eigenvalue weighted by atomic mass is 16.4. The third-order valence-electron chi connectivity index (χ3n) is 5.65. The molecule has 1 aromatic heterocycles. The van der Waals surface area contributed by atoms with Crippen LogP contribution >= 0.6 is 0 Å². The maximum Gasteiger partial charge on any atom is 0.337 e. The zero-order valence-corrected chi connectivity index (χ0v) is 14.7. The third kappa shape index (κ3) is 3.87. The third-order valence-corrected chi connectivity index (χ3v) is 5.65. The normalized spacial score (nSPS) is 22.5. The molecule has 1 N–H and O–H groups in total. The van der Waals surface area contributed by atoms with Gasteiger partial charge in [0.15, 0.2) is 0 Å². The zero-order chi connectivity index (χ0) is 17.1. The predicted octanol–water partition coefficient (Wildman–Crippen LogP) is 1.63. The molecule has 24 heavy (non-hydrogen) atoms. The van der Waals surface area contributed by atoms with E-state index >= 15 is 0 Å². The Balaban J connectivity index is 1.52. The van der Waals surface area contributed by atoms with Crippen LogP contribution in [0.1, 0.15) is 30.1 Å². The van der Waals surface area contributed by atoms with Crippen LogP contribution in [-0.2, 0) is 0 Å². The van der Waals surface area contributed by atoms with E-state index in [9.17, 15) is 4.79 Å². The minimum absolute atomic E-state index is 0.248. The molecule has 2 aliphatic heterocycles. The van der Waals surface area contributed by atoms with Crippen molar-refractivity contribution in [2.45, 2.75) is 25.8 Å². The first kappa shape index (κ1) is 17.2. The fourth-order valence-electron chi connectivity index (χ4n) is 3.84. The monoisotopic (exact) mass is 332 g/mol. The highest BCUT2D eigenvalue weighted by Crippen LogP contribution is 2.27. The van der Waals surface area contributed by atoms with Crippen LogP contribution in [0.2, 0.25) is 0 Å². The van der Waals surface area contributed by atoms with Crippen LogP contribution in [0.3, 0.4) is 0 Å². The van der Waals surface area contributed by atoms with Crippen molar-refractivity contribution in [2.75, 3.05) is 51.2 Å². The van der Waals surface area contributed by atoms with E-state index in [2.05, 4.69) is 33.7 Å². The molecule has 1 atom stereocenters. The summed E-state index contributed by atoms with van der Waals surface area (Å²) in [7, 11) is 2.20. The Hall–Kier alpha value is -1.66. The van der Waals surface area contributed by atoms with Gasteiger partial charge in [-0.2, -0.15) is 0 Å². The second kappa shape index (κ2) is 7.49. The lowest BCUT2D eigenvalue weighted by Crippen LogP contribution is -2.51. The van der Waals surface area contributed by atoms with Gasteiger partial charge in [-0.05, 0) is 44.9 Å². The number of hydrogen-bond acceptors (Lipinski definition) is 5. The molecule has 132 valence electrons. The summed E-state index contributed by atoms with van der Waals surface area (Å²) in [6.07, 6.45) is 3.81. The highest BCUT2D eigenvalue weighted by molar-refractivity contribution is 5.87. The van der Waals surface area contributed by atoms with Crippen molar-refractivity contribution in [3.05, 3.63) is 23.9 Å². The first-order chi connectivity index (χ1) is 11.5. The van der Waals surface area contributed by atoms with E-state index in [4.69, 9.17) is 5.11 Å². The molecule has 1 aromatic rings. The molecule has 6 nitrogen and oxygen atoms in total. The van der Waals surface area contributed by atoms with Crippen molar-refractivity contribution in [2.24, 2.45) is 5.92 Å². The van der Waals surface area contributed by atoms with Gasteiger partial charge >= 0.3 is 5.97 Å². The number of anilines is 1. The second-order valence-electron chi connectivity index (χ2n) is 7.11. The molecule has 0 unspecified atom stereocenters. The summed E-state index contributed by atoms with van der Waals surface area (Å²) >= 11 is 0. The molecule has 2 saturated heterocycles. The number of likely N-dealkylation sites (N-methyl/N-ethyl adjacent to an activating group) is 1. The number of nitrogens with zero attached hydrogens (tertiary/aromatic N) is 4. The summed E-state index contributed by atoms with van der Waals surface area (Å²) in [4.78, 5) is 22.6. The lowest BCUT2D eigenvalue weighted by molar-refractivity contribution is 0.0696. The van der Waals surface area contributed by atoms with E-state index in [1.807, 2.05) is 6.07 Å². The van der Waals surface area contributed by atoms with Gasteiger partial charge < -0.3 is 14.9 Å². The molecule has 6 heteroatoms. The quantitative estimate of drug-likeness (QED) is 0.904. The van der Waals surface area contributed by atoms with Gasteiger partial charge in [0.2, 0.25) is 0 Å². The number of rotatable bonds is 4. The topological polar surface area (TPSA) is 59.9 Å². The molecule has 3 heterocycles. The Labute approximate surface area is 144 Å². The average Bonchev–Trinajstić information content (AvgIpc) is 2.62. The van der Waals surface area contributed by atoms with Crippen LogP contribution in [0.4, 0.5) is 5.82 Å². The summed E-state index contributed by atoms with van der Waals surface area (Å²) < 4.78 is 0. The Morgan fingerprint density at radius 1 is 1.17 bits per heavy atom. The molecule has 3 rings (SSSR count). The summed E-state index contributed by atoms with van der Waals surface area (Å²) in [6, 6.07) is 4.11. The van der Waals surface area contributed by atoms with Crippen LogP contribution < -0.4 is 4.90 Å². The summed E-state index contributed by atoms with van der Waals surface area (Å²) in [5.74, 6) is 0.711. The van der Waals surface area contributed by atoms with Crippen molar-refractivity contribution >= 4 is 11.8 Å². The molecule has 2 aliphatic rings. The Morgan fingerprint density at radius 3 is 2.38 bits per heavy atom. The van der Waals surface area contributed by atoms with Crippen molar-refractivity contribution in [3.8, 4) is 0 Å². The van der Waals surface area contributed by atoms with Gasteiger partial charge in [-0.1, -0.05) is 0 Å². The van der Waals surface area contributed by atoms with Crippen LogP contribution in [0.5, 0.6) is 0 Å². The average molecular weight is 332 g/mol. The number of aromatic carboxylic acids is 1. The number of carboxylic acids is 1. The Bertz CT molecular complexity index is 547. The SMILES string of the molecule is C[C@@H](C1CCN(c2ccc(C(=O)O)cn2)CC1)N1CCN(C)CC1. The number of hydrogen-bond donors (Lipinski definition) is 1. The van der Waals surface area contributed by atoms with Gasteiger partial charge in [0.05, 0.1) is 5.56 Å². The van der Waals surface area contributed by atoms with E-state index in [1.165, 1.54) is 45.2 Å². The smallest absolute Gasteiger partial charge is 0.337 e. The molecular weight excluding hydrogens is 304 g/mol. The molecule has 0 aromatic carbocycles. The van der Waals surface area contributed by atoms with Crippen LogP contribution in [-0.4, -0.2) is 78.2 Å². The van der Waals surface area contributed by atoms with Gasteiger partial charge in [-0.3, -0.25) is 4.90 Å². The lowest BCUT2D eigenvalue weighted by Gasteiger charge is -2.42. The lowest BCUT2D eigenvalue weighted by atomic mass is 9.89.